The number of hydrogen-bond donors (Lipinski definition) is 1. The van der Waals surface area contributed by atoms with Gasteiger partial charge < -0.3 is 10.5 Å². The van der Waals surface area contributed by atoms with Crippen molar-refractivity contribution in [1.29, 1.82) is 0 Å². The highest BCUT2D eigenvalue weighted by Crippen LogP contribution is 2.22. The largest absolute Gasteiger partial charge is 0.497 e. The zero-order chi connectivity index (χ0) is 9.84. The van der Waals surface area contributed by atoms with Gasteiger partial charge in [0, 0.05) is 11.6 Å². The average molecular weight is 220 g/mol. The van der Waals surface area contributed by atoms with E-state index in [1.807, 2.05) is 6.92 Å². The summed E-state index contributed by atoms with van der Waals surface area (Å²) in [5.41, 5.74) is 6.24. The quantitative estimate of drug-likeness (QED) is 0.849. The Kier molecular flexibility index (Phi) is 5.50. The molecule has 1 rings (SSSR count). The number of benzene rings is 1. The molecule has 14 heavy (non-hydrogen) atoms. The Labute approximate surface area is 89.7 Å². The number of halogens is 2. The first kappa shape index (κ1) is 13.2. The first-order valence-electron chi connectivity index (χ1n) is 4.28. The third-order valence-electron chi connectivity index (χ3n) is 2.04. The van der Waals surface area contributed by atoms with Crippen LogP contribution in [0.1, 0.15) is 24.9 Å². The Balaban J connectivity index is 0.00000169. The van der Waals surface area contributed by atoms with Crippen molar-refractivity contribution in [3.63, 3.8) is 0 Å². The lowest BCUT2D eigenvalue weighted by Crippen LogP contribution is -2.10. The van der Waals surface area contributed by atoms with Crippen molar-refractivity contribution in [2.45, 2.75) is 19.4 Å². The van der Waals surface area contributed by atoms with Crippen molar-refractivity contribution in [3.8, 4) is 5.75 Å². The molecule has 0 spiro atoms. The van der Waals surface area contributed by atoms with Crippen LogP contribution in [0.15, 0.2) is 18.2 Å². The Morgan fingerprint density at radius 3 is 2.64 bits per heavy atom. The highest BCUT2D eigenvalue weighted by atomic mass is 35.5. The fraction of sp³-hybridized carbons (Fsp3) is 0.400. The van der Waals surface area contributed by atoms with Crippen LogP contribution in [0, 0.1) is 5.82 Å². The van der Waals surface area contributed by atoms with Gasteiger partial charge >= 0.3 is 0 Å². The third kappa shape index (κ3) is 2.86. The van der Waals surface area contributed by atoms with Crippen molar-refractivity contribution in [1.82, 2.24) is 0 Å². The van der Waals surface area contributed by atoms with Gasteiger partial charge in [0.1, 0.15) is 11.6 Å². The molecule has 0 aliphatic carbocycles. The van der Waals surface area contributed by atoms with E-state index in [0.717, 1.165) is 0 Å². The number of ether oxygens (including phenoxy) is 1. The minimum absolute atomic E-state index is 0. The molecule has 1 aromatic rings. The highest BCUT2D eigenvalue weighted by Gasteiger charge is 2.10. The van der Waals surface area contributed by atoms with Crippen LogP contribution in [-0.4, -0.2) is 7.11 Å². The number of nitrogens with two attached hydrogens (primary N) is 1. The predicted molar refractivity (Wildman–Crippen MR) is 57.4 cm³/mol. The molecule has 0 heterocycles. The van der Waals surface area contributed by atoms with Crippen LogP contribution in [0.4, 0.5) is 4.39 Å². The zero-order valence-electron chi connectivity index (χ0n) is 8.29. The lowest BCUT2D eigenvalue weighted by molar-refractivity contribution is 0.411. The van der Waals surface area contributed by atoms with Crippen LogP contribution >= 0.6 is 12.4 Å². The predicted octanol–water partition coefficient (Wildman–Crippen LogP) is 2.67. The maximum atomic E-state index is 13.2. The van der Waals surface area contributed by atoms with Crippen LogP contribution in [-0.2, 0) is 0 Å². The smallest absolute Gasteiger partial charge is 0.128 e. The maximum absolute atomic E-state index is 13.2. The molecule has 4 heteroatoms. The molecule has 0 amide bonds. The number of methoxy groups -OCH3 is 1. The normalized spacial score (nSPS) is 11.7. The summed E-state index contributed by atoms with van der Waals surface area (Å²) in [7, 11) is 1.55. The summed E-state index contributed by atoms with van der Waals surface area (Å²) in [5.74, 6) is 0.371. The molecule has 0 fully saturated rings. The third-order valence-corrected chi connectivity index (χ3v) is 2.04. The fourth-order valence-corrected chi connectivity index (χ4v) is 1.15. The molecular formula is C10H15ClFNO. The Bertz CT molecular complexity index is 293. The van der Waals surface area contributed by atoms with E-state index in [2.05, 4.69) is 0 Å². The van der Waals surface area contributed by atoms with E-state index in [4.69, 9.17) is 10.5 Å². The monoisotopic (exact) mass is 219 g/mol. The van der Waals surface area contributed by atoms with Gasteiger partial charge in [-0.05, 0) is 24.6 Å². The molecule has 0 aliphatic rings. The van der Waals surface area contributed by atoms with Gasteiger partial charge in [0.15, 0.2) is 0 Å². The van der Waals surface area contributed by atoms with Gasteiger partial charge in [-0.15, -0.1) is 12.4 Å². The fourth-order valence-electron chi connectivity index (χ4n) is 1.15. The van der Waals surface area contributed by atoms with Crippen LogP contribution < -0.4 is 10.5 Å². The summed E-state index contributed by atoms with van der Waals surface area (Å²) in [6, 6.07) is 4.35. The molecule has 2 N–H and O–H groups in total. The molecule has 1 atom stereocenters. The summed E-state index contributed by atoms with van der Waals surface area (Å²) < 4.78 is 18.2. The number of rotatable bonds is 3. The van der Waals surface area contributed by atoms with Crippen LogP contribution in [0.2, 0.25) is 0 Å². The Hall–Kier alpha value is -0.800. The van der Waals surface area contributed by atoms with Gasteiger partial charge in [-0.25, -0.2) is 4.39 Å². The Morgan fingerprint density at radius 1 is 1.50 bits per heavy atom. The molecule has 0 saturated carbocycles. The summed E-state index contributed by atoms with van der Waals surface area (Å²) in [4.78, 5) is 0. The van der Waals surface area contributed by atoms with Crippen LogP contribution in [0.25, 0.3) is 0 Å². The summed E-state index contributed by atoms with van der Waals surface area (Å²) in [6.45, 7) is 1.92. The summed E-state index contributed by atoms with van der Waals surface area (Å²) in [6.07, 6.45) is 0.712. The lowest BCUT2D eigenvalue weighted by Gasteiger charge is -2.11. The average Bonchev–Trinajstić information content (AvgIpc) is 2.17. The highest BCUT2D eigenvalue weighted by molar-refractivity contribution is 5.85. The minimum atomic E-state index is -0.268. The SMILES string of the molecule is CCC(N)c1cc(OC)ccc1F.Cl. The molecule has 0 aliphatic heterocycles. The van der Waals surface area contributed by atoms with E-state index in [9.17, 15) is 4.39 Å². The first-order valence-corrected chi connectivity index (χ1v) is 4.28. The van der Waals surface area contributed by atoms with Crippen molar-refractivity contribution >= 4 is 12.4 Å². The standard InChI is InChI=1S/C10H14FNO.ClH/c1-3-10(12)8-6-7(13-2)4-5-9(8)11;/h4-6,10H,3,12H2,1-2H3;1H. The number of hydrogen-bond acceptors (Lipinski definition) is 2. The maximum Gasteiger partial charge on any atom is 0.128 e. The van der Waals surface area contributed by atoms with Gasteiger partial charge in [-0.3, -0.25) is 0 Å². The molecular weight excluding hydrogens is 205 g/mol. The lowest BCUT2D eigenvalue weighted by atomic mass is 10.0. The van der Waals surface area contributed by atoms with Gasteiger partial charge in [-0.1, -0.05) is 6.92 Å². The minimum Gasteiger partial charge on any atom is -0.497 e. The molecule has 1 aromatic carbocycles. The van der Waals surface area contributed by atoms with Gasteiger partial charge in [-0.2, -0.15) is 0 Å². The first-order chi connectivity index (χ1) is 6.19. The Morgan fingerprint density at radius 2 is 2.14 bits per heavy atom. The van der Waals surface area contributed by atoms with E-state index in [-0.39, 0.29) is 24.3 Å². The topological polar surface area (TPSA) is 35.2 Å². The van der Waals surface area contributed by atoms with Crippen molar-refractivity contribution < 1.29 is 9.13 Å². The molecule has 2 nitrogen and oxygen atoms in total. The van der Waals surface area contributed by atoms with Gasteiger partial charge in [0.25, 0.3) is 0 Å². The zero-order valence-corrected chi connectivity index (χ0v) is 9.10. The molecule has 1 unspecified atom stereocenters. The van der Waals surface area contributed by atoms with Crippen molar-refractivity contribution in [2.75, 3.05) is 7.11 Å². The van der Waals surface area contributed by atoms with E-state index in [0.29, 0.717) is 17.7 Å². The molecule has 0 aromatic heterocycles. The molecule has 0 saturated heterocycles. The molecule has 80 valence electrons. The second kappa shape index (κ2) is 5.83. The van der Waals surface area contributed by atoms with E-state index < -0.39 is 0 Å². The van der Waals surface area contributed by atoms with Crippen LogP contribution in [0.5, 0.6) is 5.75 Å². The second-order valence-electron chi connectivity index (χ2n) is 2.90. The molecule has 0 radical (unpaired) electrons. The van der Waals surface area contributed by atoms with Crippen LogP contribution in [0.3, 0.4) is 0 Å². The van der Waals surface area contributed by atoms with Crippen molar-refractivity contribution in [2.24, 2.45) is 5.73 Å². The second-order valence-corrected chi connectivity index (χ2v) is 2.90. The summed E-state index contributed by atoms with van der Waals surface area (Å²) in [5, 5.41) is 0. The van der Waals surface area contributed by atoms with Gasteiger partial charge in [0.2, 0.25) is 0 Å². The van der Waals surface area contributed by atoms with Gasteiger partial charge in [0.05, 0.1) is 7.11 Å². The summed E-state index contributed by atoms with van der Waals surface area (Å²) >= 11 is 0. The van der Waals surface area contributed by atoms with E-state index in [1.54, 1.807) is 19.2 Å². The van der Waals surface area contributed by atoms with Crippen molar-refractivity contribution in [3.05, 3.63) is 29.6 Å². The van der Waals surface area contributed by atoms with E-state index in [1.165, 1.54) is 6.07 Å². The van der Waals surface area contributed by atoms with E-state index >= 15 is 0 Å². The molecule has 0 bridgehead atoms.